The maximum absolute atomic E-state index is 11.9. The van der Waals surface area contributed by atoms with Crippen LogP contribution in [0.3, 0.4) is 0 Å². The molecular formula is C14H17N3O2. The van der Waals surface area contributed by atoms with Gasteiger partial charge in [0.1, 0.15) is 5.56 Å². The minimum atomic E-state index is -0.426. The summed E-state index contributed by atoms with van der Waals surface area (Å²) in [5, 5.41) is 0.846. The van der Waals surface area contributed by atoms with Crippen LogP contribution in [0.1, 0.15) is 28.4 Å². The summed E-state index contributed by atoms with van der Waals surface area (Å²) in [6, 6.07) is 3.98. The molecule has 0 spiro atoms. The zero-order valence-electron chi connectivity index (χ0n) is 11.3. The van der Waals surface area contributed by atoms with Gasteiger partial charge in [-0.25, -0.2) is 4.79 Å². The first kappa shape index (κ1) is 13.3. The number of rotatable bonds is 3. The Morgan fingerprint density at radius 2 is 2.16 bits per heavy atom. The predicted molar refractivity (Wildman–Crippen MR) is 75.0 cm³/mol. The summed E-state index contributed by atoms with van der Waals surface area (Å²) in [7, 11) is 0. The zero-order chi connectivity index (χ0) is 14.0. The number of anilines is 1. The minimum absolute atomic E-state index is 0.313. The van der Waals surface area contributed by atoms with Gasteiger partial charge in [-0.15, -0.1) is 0 Å². The minimum Gasteiger partial charge on any atom is -0.462 e. The Hall–Kier alpha value is -2.14. The van der Waals surface area contributed by atoms with Crippen LogP contribution in [0.2, 0.25) is 0 Å². The predicted octanol–water partition coefficient (Wildman–Crippen LogP) is 2.31. The molecular weight excluding hydrogens is 242 g/mol. The molecule has 0 aliphatic rings. The van der Waals surface area contributed by atoms with Gasteiger partial charge in [-0.2, -0.15) is 0 Å². The van der Waals surface area contributed by atoms with Crippen molar-refractivity contribution in [2.24, 2.45) is 5.84 Å². The highest BCUT2D eigenvalue weighted by Gasteiger charge is 2.17. The van der Waals surface area contributed by atoms with Gasteiger partial charge >= 0.3 is 5.97 Å². The number of nitrogens with two attached hydrogens (primary N) is 1. The number of aryl methyl sites for hydroxylation is 2. The molecule has 3 N–H and O–H groups in total. The molecule has 0 saturated heterocycles. The fourth-order valence-electron chi connectivity index (χ4n) is 2.22. The molecule has 0 atom stereocenters. The number of pyridine rings is 1. The van der Waals surface area contributed by atoms with Crippen LogP contribution in [0.15, 0.2) is 18.3 Å². The standard InChI is InChI=1S/C14H17N3O2/c1-4-19-14(18)10-7-16-11-6-8(2)5-9(3)12(11)13(10)17-15/h5-7H,4,15H2,1-3H3,(H,16,17). The Bertz CT molecular complexity index is 638. The largest absolute Gasteiger partial charge is 0.462 e. The lowest BCUT2D eigenvalue weighted by Gasteiger charge is -2.13. The summed E-state index contributed by atoms with van der Waals surface area (Å²) in [6.07, 6.45) is 1.49. The van der Waals surface area contributed by atoms with Crippen LogP contribution in [0, 0.1) is 13.8 Å². The number of hydrazine groups is 1. The van der Waals surface area contributed by atoms with Crippen LogP contribution in [0.25, 0.3) is 10.9 Å². The van der Waals surface area contributed by atoms with Gasteiger partial charge in [-0.3, -0.25) is 10.8 Å². The van der Waals surface area contributed by atoms with Crippen LogP contribution < -0.4 is 11.3 Å². The van der Waals surface area contributed by atoms with E-state index in [4.69, 9.17) is 10.6 Å². The third-order valence-electron chi connectivity index (χ3n) is 2.95. The van der Waals surface area contributed by atoms with Gasteiger partial charge in [0.25, 0.3) is 0 Å². The first-order valence-electron chi connectivity index (χ1n) is 6.12. The number of hydrogen-bond acceptors (Lipinski definition) is 5. The fourth-order valence-corrected chi connectivity index (χ4v) is 2.22. The second-order valence-corrected chi connectivity index (χ2v) is 4.39. The number of benzene rings is 1. The van der Waals surface area contributed by atoms with E-state index in [1.807, 2.05) is 26.0 Å². The molecule has 0 aliphatic carbocycles. The van der Waals surface area contributed by atoms with Crippen molar-refractivity contribution in [3.05, 3.63) is 35.0 Å². The number of nitrogens with one attached hydrogen (secondary N) is 1. The number of esters is 1. The van der Waals surface area contributed by atoms with Crippen LogP contribution in [-0.4, -0.2) is 17.6 Å². The van der Waals surface area contributed by atoms with Crippen LogP contribution in [0.5, 0.6) is 0 Å². The second-order valence-electron chi connectivity index (χ2n) is 4.39. The molecule has 5 nitrogen and oxygen atoms in total. The lowest BCUT2D eigenvalue weighted by molar-refractivity contribution is 0.0527. The van der Waals surface area contributed by atoms with E-state index < -0.39 is 5.97 Å². The van der Waals surface area contributed by atoms with E-state index in [0.29, 0.717) is 17.9 Å². The maximum Gasteiger partial charge on any atom is 0.341 e. The van der Waals surface area contributed by atoms with Crippen LogP contribution in [-0.2, 0) is 4.74 Å². The summed E-state index contributed by atoms with van der Waals surface area (Å²) in [5.41, 5.74) is 6.44. The van der Waals surface area contributed by atoms with Crippen molar-refractivity contribution in [3.63, 3.8) is 0 Å². The number of fused-ring (bicyclic) bond motifs is 1. The molecule has 1 heterocycles. The number of ether oxygens (including phenoxy) is 1. The fraction of sp³-hybridized carbons (Fsp3) is 0.286. The van der Waals surface area contributed by atoms with Gasteiger partial charge in [-0.1, -0.05) is 6.07 Å². The van der Waals surface area contributed by atoms with Gasteiger partial charge in [-0.05, 0) is 38.0 Å². The van der Waals surface area contributed by atoms with Gasteiger partial charge in [0.15, 0.2) is 0 Å². The molecule has 100 valence electrons. The summed E-state index contributed by atoms with van der Waals surface area (Å²) in [4.78, 5) is 16.2. The van der Waals surface area contributed by atoms with Gasteiger partial charge in [0, 0.05) is 11.6 Å². The highest BCUT2D eigenvalue weighted by Crippen LogP contribution is 2.29. The second kappa shape index (κ2) is 5.24. The molecule has 0 radical (unpaired) electrons. The molecule has 1 aromatic carbocycles. The van der Waals surface area contributed by atoms with Crippen LogP contribution in [0.4, 0.5) is 5.69 Å². The molecule has 0 aliphatic heterocycles. The van der Waals surface area contributed by atoms with Crippen LogP contribution >= 0.6 is 0 Å². The average Bonchev–Trinajstić information content (AvgIpc) is 2.37. The molecule has 2 aromatic rings. The Labute approximate surface area is 111 Å². The summed E-state index contributed by atoms with van der Waals surface area (Å²) in [6.45, 7) is 6.04. The molecule has 1 aromatic heterocycles. The lowest BCUT2D eigenvalue weighted by Crippen LogP contribution is -2.15. The van der Waals surface area contributed by atoms with Crippen molar-refractivity contribution in [1.29, 1.82) is 0 Å². The third-order valence-corrected chi connectivity index (χ3v) is 2.95. The molecule has 0 fully saturated rings. The average molecular weight is 259 g/mol. The monoisotopic (exact) mass is 259 g/mol. The van der Waals surface area contributed by atoms with Crippen molar-refractivity contribution >= 4 is 22.6 Å². The molecule has 0 amide bonds. The first-order chi connectivity index (χ1) is 9.08. The molecule has 5 heteroatoms. The quantitative estimate of drug-likeness (QED) is 0.502. The van der Waals surface area contributed by atoms with E-state index in [2.05, 4.69) is 10.4 Å². The van der Waals surface area contributed by atoms with Crippen molar-refractivity contribution in [1.82, 2.24) is 4.98 Å². The van der Waals surface area contributed by atoms with Crippen molar-refractivity contribution in [3.8, 4) is 0 Å². The number of carbonyl (C=O) groups excluding carboxylic acids is 1. The van der Waals surface area contributed by atoms with E-state index in [1.165, 1.54) is 6.20 Å². The SMILES string of the molecule is CCOC(=O)c1cnc2cc(C)cc(C)c2c1NN. The van der Waals surface area contributed by atoms with Gasteiger partial charge < -0.3 is 10.2 Å². The van der Waals surface area contributed by atoms with Crippen molar-refractivity contribution in [2.45, 2.75) is 20.8 Å². The molecule has 19 heavy (non-hydrogen) atoms. The topological polar surface area (TPSA) is 77.2 Å². The number of nitrogen functional groups attached to an aromatic ring is 1. The van der Waals surface area contributed by atoms with E-state index in [9.17, 15) is 4.79 Å². The highest BCUT2D eigenvalue weighted by molar-refractivity contribution is 6.06. The molecule has 0 saturated carbocycles. The Balaban J connectivity index is 2.72. The smallest absolute Gasteiger partial charge is 0.341 e. The lowest BCUT2D eigenvalue weighted by atomic mass is 10.0. The van der Waals surface area contributed by atoms with E-state index >= 15 is 0 Å². The molecule has 0 unspecified atom stereocenters. The zero-order valence-corrected chi connectivity index (χ0v) is 11.3. The van der Waals surface area contributed by atoms with Crippen molar-refractivity contribution in [2.75, 3.05) is 12.0 Å². The number of carbonyl (C=O) groups is 1. The van der Waals surface area contributed by atoms with E-state index in [-0.39, 0.29) is 0 Å². The van der Waals surface area contributed by atoms with E-state index in [1.54, 1.807) is 6.92 Å². The Morgan fingerprint density at radius 1 is 1.42 bits per heavy atom. The normalized spacial score (nSPS) is 10.5. The number of hydrogen-bond donors (Lipinski definition) is 2. The highest BCUT2D eigenvalue weighted by atomic mass is 16.5. The summed E-state index contributed by atoms with van der Waals surface area (Å²) >= 11 is 0. The third kappa shape index (κ3) is 2.37. The summed E-state index contributed by atoms with van der Waals surface area (Å²) in [5.74, 6) is 5.15. The first-order valence-corrected chi connectivity index (χ1v) is 6.12. The van der Waals surface area contributed by atoms with Crippen molar-refractivity contribution < 1.29 is 9.53 Å². The maximum atomic E-state index is 11.9. The van der Waals surface area contributed by atoms with E-state index in [0.717, 1.165) is 22.0 Å². The number of aromatic nitrogens is 1. The number of nitrogens with zero attached hydrogens (tertiary/aromatic N) is 1. The Kier molecular flexibility index (Phi) is 3.66. The molecule has 0 bridgehead atoms. The Morgan fingerprint density at radius 3 is 2.79 bits per heavy atom. The summed E-state index contributed by atoms with van der Waals surface area (Å²) < 4.78 is 5.01. The molecule has 2 rings (SSSR count). The van der Waals surface area contributed by atoms with Gasteiger partial charge in [0.05, 0.1) is 17.8 Å². The van der Waals surface area contributed by atoms with Gasteiger partial charge in [0.2, 0.25) is 0 Å².